The molecule has 15 heavy (non-hydrogen) atoms. The fourth-order valence-corrected chi connectivity index (χ4v) is 2.39. The summed E-state index contributed by atoms with van der Waals surface area (Å²) in [5.41, 5.74) is 5.55. The highest BCUT2D eigenvalue weighted by atomic mass is 16.2. The Kier molecular flexibility index (Phi) is 4.14. The van der Waals surface area contributed by atoms with Gasteiger partial charge in [-0.1, -0.05) is 20.8 Å². The van der Waals surface area contributed by atoms with Crippen molar-refractivity contribution in [2.24, 2.45) is 23.5 Å². The molecule has 1 aliphatic rings. The Hall–Kier alpha value is -0.570. The largest absolute Gasteiger partial charge is 0.339 e. The van der Waals surface area contributed by atoms with E-state index in [4.69, 9.17) is 5.73 Å². The van der Waals surface area contributed by atoms with E-state index in [0.717, 1.165) is 6.54 Å². The fraction of sp³-hybridized carbons (Fsp3) is 0.917. The third kappa shape index (κ3) is 2.71. The highest BCUT2D eigenvalue weighted by molar-refractivity contribution is 5.79. The minimum absolute atomic E-state index is 0.0371. The lowest BCUT2D eigenvalue weighted by molar-refractivity contribution is -0.140. The van der Waals surface area contributed by atoms with E-state index in [1.165, 1.54) is 6.42 Å². The van der Waals surface area contributed by atoms with E-state index in [2.05, 4.69) is 20.8 Å². The van der Waals surface area contributed by atoms with Crippen LogP contribution in [0, 0.1) is 17.8 Å². The number of nitrogens with zero attached hydrogens (tertiary/aromatic N) is 1. The van der Waals surface area contributed by atoms with Crippen molar-refractivity contribution in [2.45, 2.75) is 40.2 Å². The van der Waals surface area contributed by atoms with Gasteiger partial charge in [-0.25, -0.2) is 0 Å². The number of nitrogens with two attached hydrogens (primary N) is 1. The Labute approximate surface area is 93.0 Å². The third-order valence-corrected chi connectivity index (χ3v) is 3.66. The molecule has 1 saturated heterocycles. The van der Waals surface area contributed by atoms with Crippen LogP contribution in [0.3, 0.4) is 0 Å². The molecule has 0 aliphatic carbocycles. The van der Waals surface area contributed by atoms with Gasteiger partial charge in [0, 0.05) is 25.0 Å². The van der Waals surface area contributed by atoms with Crippen LogP contribution in [0.5, 0.6) is 0 Å². The van der Waals surface area contributed by atoms with Crippen molar-refractivity contribution in [3.63, 3.8) is 0 Å². The smallest absolute Gasteiger partial charge is 0.226 e. The first-order chi connectivity index (χ1) is 6.97. The van der Waals surface area contributed by atoms with Gasteiger partial charge in [0.25, 0.3) is 0 Å². The Bertz CT molecular complexity index is 230. The standard InChI is InChI=1S/C12H24N2O/c1-8-5-9(2)11(4)14(7-8)12(15)10(3)6-13/h8-11H,5-7,13H2,1-4H3. The lowest BCUT2D eigenvalue weighted by atomic mass is 9.85. The van der Waals surface area contributed by atoms with E-state index in [0.29, 0.717) is 24.4 Å². The molecular formula is C12H24N2O. The number of amides is 1. The van der Waals surface area contributed by atoms with Crippen molar-refractivity contribution in [2.75, 3.05) is 13.1 Å². The molecule has 0 saturated carbocycles. The predicted molar refractivity (Wildman–Crippen MR) is 62.3 cm³/mol. The Morgan fingerprint density at radius 1 is 1.47 bits per heavy atom. The van der Waals surface area contributed by atoms with E-state index in [9.17, 15) is 4.79 Å². The van der Waals surface area contributed by atoms with Crippen LogP contribution in [0.4, 0.5) is 0 Å². The molecule has 1 aliphatic heterocycles. The van der Waals surface area contributed by atoms with Gasteiger partial charge in [0.05, 0.1) is 0 Å². The number of rotatable bonds is 2. The van der Waals surface area contributed by atoms with Crippen LogP contribution in [0.1, 0.15) is 34.1 Å². The number of hydrogen-bond acceptors (Lipinski definition) is 2. The van der Waals surface area contributed by atoms with Crippen LogP contribution < -0.4 is 5.73 Å². The predicted octanol–water partition coefficient (Wildman–Crippen LogP) is 1.47. The van der Waals surface area contributed by atoms with Gasteiger partial charge in [0.15, 0.2) is 0 Å². The summed E-state index contributed by atoms with van der Waals surface area (Å²) in [4.78, 5) is 14.1. The Balaban J connectivity index is 2.70. The zero-order valence-corrected chi connectivity index (χ0v) is 10.4. The minimum atomic E-state index is -0.0371. The lowest BCUT2D eigenvalue weighted by Gasteiger charge is -2.42. The number of piperidine rings is 1. The summed E-state index contributed by atoms with van der Waals surface area (Å²) in [5, 5.41) is 0. The molecule has 1 amide bonds. The molecule has 0 aromatic heterocycles. The van der Waals surface area contributed by atoms with Crippen LogP contribution >= 0.6 is 0 Å². The number of hydrogen-bond donors (Lipinski definition) is 1. The van der Waals surface area contributed by atoms with Gasteiger partial charge in [-0.05, 0) is 25.2 Å². The summed E-state index contributed by atoms with van der Waals surface area (Å²) in [5.74, 6) is 1.40. The zero-order chi connectivity index (χ0) is 11.6. The molecule has 0 aromatic rings. The molecule has 0 aromatic carbocycles. The molecule has 0 radical (unpaired) electrons. The topological polar surface area (TPSA) is 46.3 Å². The lowest BCUT2D eigenvalue weighted by Crippen LogP contribution is -2.51. The molecule has 0 bridgehead atoms. The Morgan fingerprint density at radius 3 is 2.60 bits per heavy atom. The van der Waals surface area contributed by atoms with Crippen LogP contribution in [0.25, 0.3) is 0 Å². The minimum Gasteiger partial charge on any atom is -0.339 e. The second kappa shape index (κ2) is 4.97. The van der Waals surface area contributed by atoms with Crippen LogP contribution in [0.2, 0.25) is 0 Å². The molecule has 3 nitrogen and oxygen atoms in total. The average molecular weight is 212 g/mol. The second-order valence-electron chi connectivity index (χ2n) is 5.19. The summed E-state index contributed by atoms with van der Waals surface area (Å²) >= 11 is 0. The van der Waals surface area contributed by atoms with Crippen molar-refractivity contribution < 1.29 is 4.79 Å². The van der Waals surface area contributed by atoms with E-state index in [1.54, 1.807) is 0 Å². The first-order valence-electron chi connectivity index (χ1n) is 5.97. The molecule has 2 N–H and O–H groups in total. The van der Waals surface area contributed by atoms with E-state index in [-0.39, 0.29) is 11.8 Å². The van der Waals surface area contributed by atoms with Crippen LogP contribution in [0.15, 0.2) is 0 Å². The SMILES string of the molecule is CC1CC(C)C(C)N(C(=O)C(C)CN)C1. The third-order valence-electron chi connectivity index (χ3n) is 3.66. The zero-order valence-electron chi connectivity index (χ0n) is 10.4. The van der Waals surface area contributed by atoms with Gasteiger partial charge >= 0.3 is 0 Å². The molecule has 1 fully saturated rings. The summed E-state index contributed by atoms with van der Waals surface area (Å²) in [6, 6.07) is 0.364. The summed E-state index contributed by atoms with van der Waals surface area (Å²) in [6.07, 6.45) is 1.22. The average Bonchev–Trinajstić information content (AvgIpc) is 2.21. The molecule has 0 spiro atoms. The van der Waals surface area contributed by atoms with Crippen LogP contribution in [-0.4, -0.2) is 29.9 Å². The summed E-state index contributed by atoms with van der Waals surface area (Å²) < 4.78 is 0. The maximum atomic E-state index is 12.1. The number of likely N-dealkylation sites (tertiary alicyclic amines) is 1. The molecule has 4 unspecified atom stereocenters. The van der Waals surface area contributed by atoms with Gasteiger partial charge in [0.1, 0.15) is 0 Å². The summed E-state index contributed by atoms with van der Waals surface area (Å²) in [7, 11) is 0. The number of carbonyl (C=O) groups excluding carboxylic acids is 1. The molecule has 3 heteroatoms. The molecule has 88 valence electrons. The maximum Gasteiger partial charge on any atom is 0.226 e. The molecular weight excluding hydrogens is 188 g/mol. The highest BCUT2D eigenvalue weighted by Gasteiger charge is 2.33. The van der Waals surface area contributed by atoms with E-state index < -0.39 is 0 Å². The normalized spacial score (nSPS) is 33.9. The van der Waals surface area contributed by atoms with Gasteiger partial charge in [-0.2, -0.15) is 0 Å². The quantitative estimate of drug-likeness (QED) is 0.753. The monoisotopic (exact) mass is 212 g/mol. The first-order valence-corrected chi connectivity index (χ1v) is 5.97. The van der Waals surface area contributed by atoms with Gasteiger partial charge < -0.3 is 10.6 Å². The van der Waals surface area contributed by atoms with Crippen molar-refractivity contribution in [3.05, 3.63) is 0 Å². The molecule has 4 atom stereocenters. The number of carbonyl (C=O) groups is 1. The van der Waals surface area contributed by atoms with Gasteiger partial charge in [-0.15, -0.1) is 0 Å². The van der Waals surface area contributed by atoms with Crippen molar-refractivity contribution >= 4 is 5.91 Å². The first kappa shape index (κ1) is 12.5. The van der Waals surface area contributed by atoms with Crippen molar-refractivity contribution in [1.82, 2.24) is 4.90 Å². The molecule has 1 heterocycles. The van der Waals surface area contributed by atoms with Gasteiger partial charge in [0.2, 0.25) is 5.91 Å². The summed E-state index contributed by atoms with van der Waals surface area (Å²) in [6.45, 7) is 9.86. The fourth-order valence-electron chi connectivity index (χ4n) is 2.39. The highest BCUT2D eigenvalue weighted by Crippen LogP contribution is 2.27. The van der Waals surface area contributed by atoms with E-state index in [1.807, 2.05) is 11.8 Å². The second-order valence-corrected chi connectivity index (χ2v) is 5.19. The molecule has 1 rings (SSSR count). The van der Waals surface area contributed by atoms with Gasteiger partial charge in [-0.3, -0.25) is 4.79 Å². The van der Waals surface area contributed by atoms with E-state index >= 15 is 0 Å². The Morgan fingerprint density at radius 2 is 2.07 bits per heavy atom. The van der Waals surface area contributed by atoms with Crippen molar-refractivity contribution in [1.29, 1.82) is 0 Å². The van der Waals surface area contributed by atoms with Crippen LogP contribution in [-0.2, 0) is 4.79 Å². The van der Waals surface area contributed by atoms with Crippen molar-refractivity contribution in [3.8, 4) is 0 Å². The maximum absolute atomic E-state index is 12.1.